The monoisotopic (exact) mass is 350 g/mol. The van der Waals surface area contributed by atoms with Crippen molar-refractivity contribution in [3.63, 3.8) is 0 Å². The van der Waals surface area contributed by atoms with Crippen LogP contribution >= 0.6 is 11.6 Å². The van der Waals surface area contributed by atoms with Gasteiger partial charge in [-0.1, -0.05) is 48.0 Å². The molecule has 1 N–H and O–H groups in total. The number of halogens is 2. The van der Waals surface area contributed by atoms with E-state index in [4.69, 9.17) is 11.6 Å². The second kappa shape index (κ2) is 6.15. The zero-order valence-electron chi connectivity index (χ0n) is 13.0. The van der Waals surface area contributed by atoms with E-state index in [1.807, 2.05) is 36.4 Å². The predicted molar refractivity (Wildman–Crippen MR) is 98.6 cm³/mol. The Morgan fingerprint density at radius 3 is 2.68 bits per heavy atom. The molecule has 25 heavy (non-hydrogen) atoms. The van der Waals surface area contributed by atoms with Gasteiger partial charge in [0.05, 0.1) is 21.8 Å². The Morgan fingerprint density at radius 2 is 1.80 bits per heavy atom. The summed E-state index contributed by atoms with van der Waals surface area (Å²) >= 11 is 5.78. The van der Waals surface area contributed by atoms with Crippen LogP contribution < -0.4 is 5.32 Å². The van der Waals surface area contributed by atoms with Gasteiger partial charge in [0.15, 0.2) is 5.82 Å². The molecule has 1 amide bonds. The first kappa shape index (κ1) is 15.5. The van der Waals surface area contributed by atoms with Crippen molar-refractivity contribution < 1.29 is 9.18 Å². The highest BCUT2D eigenvalue weighted by atomic mass is 35.5. The summed E-state index contributed by atoms with van der Waals surface area (Å²) < 4.78 is 14.1. The van der Waals surface area contributed by atoms with Crippen LogP contribution in [0, 0.1) is 5.82 Å². The van der Waals surface area contributed by atoms with Gasteiger partial charge < -0.3 is 5.32 Å². The van der Waals surface area contributed by atoms with Crippen LogP contribution in [0.1, 0.15) is 10.4 Å². The summed E-state index contributed by atoms with van der Waals surface area (Å²) in [5.41, 5.74) is 0.990. The number of carbonyl (C=O) groups excluding carboxylic acids is 1. The van der Waals surface area contributed by atoms with Crippen molar-refractivity contribution >= 4 is 44.9 Å². The Labute approximate surface area is 148 Å². The van der Waals surface area contributed by atoms with Crippen LogP contribution in [0.25, 0.3) is 21.7 Å². The summed E-state index contributed by atoms with van der Waals surface area (Å²) in [4.78, 5) is 17.1. The first-order valence-electron chi connectivity index (χ1n) is 7.67. The molecule has 4 rings (SSSR count). The number of aromatic nitrogens is 1. The third-order valence-electron chi connectivity index (χ3n) is 4.06. The third-order valence-corrected chi connectivity index (χ3v) is 4.35. The van der Waals surface area contributed by atoms with Gasteiger partial charge in [-0.25, -0.2) is 4.39 Å². The number of amides is 1. The molecule has 0 aliphatic carbocycles. The fraction of sp³-hybridized carbons (Fsp3) is 0. The van der Waals surface area contributed by atoms with Crippen molar-refractivity contribution in [1.29, 1.82) is 0 Å². The number of rotatable bonds is 2. The third kappa shape index (κ3) is 2.71. The Balaban J connectivity index is 1.87. The first-order chi connectivity index (χ1) is 12.1. The van der Waals surface area contributed by atoms with Gasteiger partial charge in [0, 0.05) is 11.6 Å². The summed E-state index contributed by atoms with van der Waals surface area (Å²) in [5, 5.41) is 5.34. The first-order valence-corrected chi connectivity index (χ1v) is 8.05. The lowest BCUT2D eigenvalue weighted by molar-refractivity contribution is 0.102. The van der Waals surface area contributed by atoms with Gasteiger partial charge in [-0.2, -0.15) is 0 Å². The number of pyridine rings is 1. The lowest BCUT2D eigenvalue weighted by Crippen LogP contribution is -2.14. The van der Waals surface area contributed by atoms with E-state index in [1.165, 1.54) is 12.1 Å². The van der Waals surface area contributed by atoms with Gasteiger partial charge in [0.1, 0.15) is 0 Å². The molecule has 5 heteroatoms. The zero-order valence-corrected chi connectivity index (χ0v) is 13.7. The summed E-state index contributed by atoms with van der Waals surface area (Å²) in [6.45, 7) is 0. The number of carbonyl (C=O) groups is 1. The Morgan fingerprint density at radius 1 is 1.00 bits per heavy atom. The summed E-state index contributed by atoms with van der Waals surface area (Å²) in [6.07, 6.45) is 1.63. The number of nitrogens with zero attached hydrogens (tertiary/aromatic N) is 1. The number of hydrogen-bond donors (Lipinski definition) is 1. The molecule has 122 valence electrons. The van der Waals surface area contributed by atoms with E-state index in [0.29, 0.717) is 11.1 Å². The van der Waals surface area contributed by atoms with Gasteiger partial charge in [-0.05, 0) is 35.0 Å². The van der Waals surface area contributed by atoms with Crippen molar-refractivity contribution in [3.8, 4) is 0 Å². The van der Waals surface area contributed by atoms with E-state index < -0.39 is 11.7 Å². The minimum atomic E-state index is -0.657. The molecule has 4 aromatic rings. The van der Waals surface area contributed by atoms with Crippen molar-refractivity contribution in [1.82, 2.24) is 4.98 Å². The van der Waals surface area contributed by atoms with Crippen LogP contribution in [0.15, 0.2) is 66.9 Å². The van der Waals surface area contributed by atoms with E-state index in [1.54, 1.807) is 18.3 Å². The highest BCUT2D eigenvalue weighted by Crippen LogP contribution is 2.28. The highest BCUT2D eigenvalue weighted by molar-refractivity contribution is 6.31. The van der Waals surface area contributed by atoms with Crippen molar-refractivity contribution in [2.45, 2.75) is 0 Å². The van der Waals surface area contributed by atoms with Gasteiger partial charge in [0.25, 0.3) is 5.91 Å². The Kier molecular flexibility index (Phi) is 3.82. The molecule has 0 spiro atoms. The van der Waals surface area contributed by atoms with E-state index in [0.717, 1.165) is 16.2 Å². The van der Waals surface area contributed by atoms with E-state index in [9.17, 15) is 9.18 Å². The van der Waals surface area contributed by atoms with Crippen molar-refractivity contribution in [2.24, 2.45) is 0 Å². The second-order valence-corrected chi connectivity index (χ2v) is 6.01. The molecule has 0 bridgehead atoms. The predicted octanol–water partition coefficient (Wildman–Crippen LogP) is 5.43. The normalized spacial score (nSPS) is 11.0. The summed E-state index contributed by atoms with van der Waals surface area (Å²) in [7, 11) is 0. The molecule has 0 radical (unpaired) electrons. The molecule has 0 saturated carbocycles. The molecule has 0 atom stereocenters. The van der Waals surface area contributed by atoms with Crippen molar-refractivity contribution in [2.75, 3.05) is 5.32 Å². The lowest BCUT2D eigenvalue weighted by atomic mass is 10.0. The Hall–Kier alpha value is -2.98. The molecule has 3 aromatic carbocycles. The topological polar surface area (TPSA) is 42.0 Å². The fourth-order valence-electron chi connectivity index (χ4n) is 2.89. The summed E-state index contributed by atoms with van der Waals surface area (Å²) in [6, 6.07) is 17.7. The second-order valence-electron chi connectivity index (χ2n) is 5.60. The minimum Gasteiger partial charge on any atom is -0.319 e. The number of fused-ring (bicyclic) bond motifs is 3. The molecule has 1 heterocycles. The van der Waals surface area contributed by atoms with E-state index in [-0.39, 0.29) is 10.7 Å². The average molecular weight is 351 g/mol. The number of benzene rings is 3. The zero-order chi connectivity index (χ0) is 17.4. The lowest BCUT2D eigenvalue weighted by Gasteiger charge is -2.11. The molecule has 0 fully saturated rings. The number of hydrogen-bond acceptors (Lipinski definition) is 2. The van der Waals surface area contributed by atoms with Gasteiger partial charge >= 0.3 is 0 Å². The van der Waals surface area contributed by atoms with Crippen LogP contribution in [0.5, 0.6) is 0 Å². The molecule has 0 saturated heterocycles. The van der Waals surface area contributed by atoms with Crippen LogP contribution in [-0.4, -0.2) is 10.9 Å². The van der Waals surface area contributed by atoms with Crippen LogP contribution in [0.3, 0.4) is 0 Å². The standard InChI is InChI=1S/C20H12ClFN2O/c21-16-8-3-9-17(18(16)22)24-20(25)15-11-12-5-1-2-6-13(12)14-7-4-10-23-19(14)15/h1-11H,(H,24,25). The SMILES string of the molecule is O=C(Nc1cccc(Cl)c1F)c1cc2ccccc2c2cccnc12. The molecular formula is C20H12ClFN2O. The van der Waals surface area contributed by atoms with Crippen LogP contribution in [-0.2, 0) is 0 Å². The minimum absolute atomic E-state index is 0.0368. The molecule has 0 aliphatic rings. The number of nitrogens with one attached hydrogen (secondary N) is 1. The Bertz CT molecular complexity index is 1130. The molecule has 1 aromatic heterocycles. The number of anilines is 1. The molecule has 3 nitrogen and oxygen atoms in total. The van der Waals surface area contributed by atoms with E-state index in [2.05, 4.69) is 10.3 Å². The van der Waals surface area contributed by atoms with E-state index >= 15 is 0 Å². The smallest absolute Gasteiger partial charge is 0.257 e. The highest BCUT2D eigenvalue weighted by Gasteiger charge is 2.16. The average Bonchev–Trinajstić information content (AvgIpc) is 2.65. The van der Waals surface area contributed by atoms with Gasteiger partial charge in [-0.3, -0.25) is 9.78 Å². The van der Waals surface area contributed by atoms with Gasteiger partial charge in [-0.15, -0.1) is 0 Å². The largest absolute Gasteiger partial charge is 0.319 e. The fourth-order valence-corrected chi connectivity index (χ4v) is 3.07. The quantitative estimate of drug-likeness (QED) is 0.489. The van der Waals surface area contributed by atoms with Crippen molar-refractivity contribution in [3.05, 3.63) is 83.3 Å². The van der Waals surface area contributed by atoms with Crippen LogP contribution in [0.4, 0.5) is 10.1 Å². The van der Waals surface area contributed by atoms with Gasteiger partial charge in [0.2, 0.25) is 0 Å². The maximum Gasteiger partial charge on any atom is 0.257 e. The molecular weight excluding hydrogens is 339 g/mol. The maximum atomic E-state index is 14.1. The molecule has 0 aliphatic heterocycles. The molecule has 0 unspecified atom stereocenters. The summed E-state index contributed by atoms with van der Waals surface area (Å²) in [5.74, 6) is -1.09. The van der Waals surface area contributed by atoms with Crippen LogP contribution in [0.2, 0.25) is 5.02 Å². The maximum absolute atomic E-state index is 14.1.